The molecule has 2 rings (SSSR count). The van der Waals surface area contributed by atoms with Gasteiger partial charge in [-0.3, -0.25) is 4.79 Å². The van der Waals surface area contributed by atoms with Crippen molar-refractivity contribution in [3.8, 4) is 0 Å². The highest BCUT2D eigenvalue weighted by Crippen LogP contribution is 2.47. The van der Waals surface area contributed by atoms with Crippen molar-refractivity contribution in [2.75, 3.05) is 31.6 Å². The zero-order chi connectivity index (χ0) is 10.9. The Labute approximate surface area is 95.2 Å². The van der Waals surface area contributed by atoms with Crippen molar-refractivity contribution in [1.29, 1.82) is 0 Å². The number of carboxylic acid groups (broad SMARTS) is 1. The maximum Gasteiger partial charge on any atom is 0.303 e. The van der Waals surface area contributed by atoms with E-state index in [1.807, 2.05) is 11.8 Å². The van der Waals surface area contributed by atoms with Crippen LogP contribution in [0.5, 0.6) is 0 Å². The van der Waals surface area contributed by atoms with Crippen molar-refractivity contribution in [2.24, 2.45) is 11.3 Å². The Hall–Kier alpha value is -0.220. The van der Waals surface area contributed by atoms with Crippen LogP contribution in [-0.4, -0.2) is 47.6 Å². The summed E-state index contributed by atoms with van der Waals surface area (Å²) in [7, 11) is 2.14. The van der Waals surface area contributed by atoms with Crippen LogP contribution in [0.2, 0.25) is 0 Å². The Morgan fingerprint density at radius 1 is 1.67 bits per heavy atom. The average Bonchev–Trinajstić information content (AvgIpc) is 2.52. The van der Waals surface area contributed by atoms with Gasteiger partial charge in [-0.1, -0.05) is 0 Å². The van der Waals surface area contributed by atoms with Gasteiger partial charge < -0.3 is 10.0 Å². The smallest absolute Gasteiger partial charge is 0.303 e. The van der Waals surface area contributed by atoms with Gasteiger partial charge in [-0.2, -0.15) is 11.8 Å². The first-order valence-corrected chi connectivity index (χ1v) is 6.76. The maximum atomic E-state index is 10.9. The highest BCUT2D eigenvalue weighted by Gasteiger charge is 2.45. The quantitative estimate of drug-likeness (QED) is 0.779. The zero-order valence-corrected chi connectivity index (χ0v) is 10.1. The molecular formula is C11H19NO2S. The van der Waals surface area contributed by atoms with Gasteiger partial charge >= 0.3 is 5.97 Å². The fourth-order valence-electron chi connectivity index (χ4n) is 3.01. The van der Waals surface area contributed by atoms with Gasteiger partial charge in [0, 0.05) is 18.7 Å². The molecule has 3 nitrogen and oxygen atoms in total. The summed E-state index contributed by atoms with van der Waals surface area (Å²) in [4.78, 5) is 13.2. The van der Waals surface area contributed by atoms with E-state index in [0.717, 1.165) is 31.0 Å². The highest BCUT2D eigenvalue weighted by molar-refractivity contribution is 7.99. The second-order valence-electron chi connectivity index (χ2n) is 4.99. The molecule has 0 saturated carbocycles. The summed E-state index contributed by atoms with van der Waals surface area (Å²) in [5.74, 6) is 2.08. The van der Waals surface area contributed by atoms with E-state index >= 15 is 0 Å². The first kappa shape index (κ1) is 11.3. The van der Waals surface area contributed by atoms with Crippen molar-refractivity contribution in [1.82, 2.24) is 4.90 Å². The molecule has 2 saturated heterocycles. The van der Waals surface area contributed by atoms with Crippen LogP contribution in [0, 0.1) is 11.3 Å². The van der Waals surface area contributed by atoms with Gasteiger partial charge in [-0.15, -0.1) is 0 Å². The van der Waals surface area contributed by atoms with Crippen molar-refractivity contribution in [3.63, 3.8) is 0 Å². The van der Waals surface area contributed by atoms with Gasteiger partial charge in [-0.25, -0.2) is 0 Å². The Kier molecular flexibility index (Phi) is 3.26. The minimum absolute atomic E-state index is 0.302. The third-order valence-corrected chi connectivity index (χ3v) is 5.17. The van der Waals surface area contributed by atoms with E-state index in [2.05, 4.69) is 11.9 Å². The monoisotopic (exact) mass is 229 g/mol. The third-order valence-electron chi connectivity index (χ3n) is 3.86. The third kappa shape index (κ3) is 2.31. The minimum atomic E-state index is -0.624. The number of carbonyl (C=O) groups is 1. The molecule has 0 amide bonds. The molecule has 2 aliphatic rings. The molecule has 2 atom stereocenters. The number of likely N-dealkylation sites (tertiary alicyclic amines) is 1. The lowest BCUT2D eigenvalue weighted by atomic mass is 9.72. The van der Waals surface area contributed by atoms with E-state index in [0.29, 0.717) is 17.8 Å². The number of carboxylic acids is 1. The van der Waals surface area contributed by atoms with Gasteiger partial charge in [0.05, 0.1) is 0 Å². The molecule has 0 aromatic carbocycles. The van der Waals surface area contributed by atoms with Crippen LogP contribution >= 0.6 is 11.8 Å². The zero-order valence-electron chi connectivity index (χ0n) is 9.24. The molecule has 2 fully saturated rings. The van der Waals surface area contributed by atoms with Crippen LogP contribution < -0.4 is 0 Å². The highest BCUT2D eigenvalue weighted by atomic mass is 32.2. The normalized spacial score (nSPS) is 37.3. The minimum Gasteiger partial charge on any atom is -0.481 e. The summed E-state index contributed by atoms with van der Waals surface area (Å²) < 4.78 is 0. The Morgan fingerprint density at radius 2 is 2.47 bits per heavy atom. The molecule has 15 heavy (non-hydrogen) atoms. The van der Waals surface area contributed by atoms with Crippen molar-refractivity contribution in [3.05, 3.63) is 0 Å². The van der Waals surface area contributed by atoms with Gasteiger partial charge in [0.25, 0.3) is 0 Å². The summed E-state index contributed by atoms with van der Waals surface area (Å²) in [6.07, 6.45) is 2.65. The number of hydrogen-bond acceptors (Lipinski definition) is 3. The molecular weight excluding hydrogens is 210 g/mol. The van der Waals surface area contributed by atoms with Crippen LogP contribution in [-0.2, 0) is 4.79 Å². The number of nitrogens with zero attached hydrogens (tertiary/aromatic N) is 1. The van der Waals surface area contributed by atoms with E-state index in [-0.39, 0.29) is 0 Å². The Bertz CT molecular complexity index is 255. The predicted molar refractivity (Wildman–Crippen MR) is 62.2 cm³/mol. The summed E-state index contributed by atoms with van der Waals surface area (Å²) >= 11 is 2.00. The molecule has 4 heteroatoms. The standard InChI is InChI=1S/C11H19NO2S/c1-12-4-3-11(7-12)8-15-5-2-9(11)6-10(13)14/h9H,2-8H2,1H3,(H,13,14). The topological polar surface area (TPSA) is 40.5 Å². The molecule has 0 aliphatic carbocycles. The average molecular weight is 229 g/mol. The first-order valence-electron chi connectivity index (χ1n) is 5.60. The molecule has 2 unspecified atom stereocenters. The summed E-state index contributed by atoms with van der Waals surface area (Å²) in [6.45, 7) is 2.23. The molecule has 0 aromatic heterocycles. The molecule has 0 bridgehead atoms. The molecule has 0 aromatic rings. The summed E-state index contributed by atoms with van der Waals surface area (Å²) in [5, 5.41) is 8.95. The van der Waals surface area contributed by atoms with Crippen molar-refractivity contribution >= 4 is 17.7 Å². The van der Waals surface area contributed by atoms with Gasteiger partial charge in [0.1, 0.15) is 0 Å². The molecule has 1 spiro atoms. The van der Waals surface area contributed by atoms with E-state index in [9.17, 15) is 4.79 Å². The summed E-state index contributed by atoms with van der Waals surface area (Å²) in [5.41, 5.74) is 0.302. The molecule has 1 N–H and O–H groups in total. The van der Waals surface area contributed by atoms with Gasteiger partial charge in [0.15, 0.2) is 0 Å². The number of rotatable bonds is 2. The Balaban J connectivity index is 2.08. The second-order valence-corrected chi connectivity index (χ2v) is 6.09. The van der Waals surface area contributed by atoms with E-state index in [1.54, 1.807) is 0 Å². The van der Waals surface area contributed by atoms with Crippen LogP contribution in [0.3, 0.4) is 0 Å². The van der Waals surface area contributed by atoms with Gasteiger partial charge in [-0.05, 0) is 43.5 Å². The fourth-order valence-corrected chi connectivity index (χ4v) is 4.49. The second kappa shape index (κ2) is 4.34. The van der Waals surface area contributed by atoms with Crippen LogP contribution in [0.15, 0.2) is 0 Å². The first-order chi connectivity index (χ1) is 7.12. The van der Waals surface area contributed by atoms with Crippen molar-refractivity contribution in [2.45, 2.75) is 19.3 Å². The SMILES string of the molecule is CN1CCC2(CSCCC2CC(=O)O)C1. The van der Waals surface area contributed by atoms with Crippen LogP contribution in [0.1, 0.15) is 19.3 Å². The maximum absolute atomic E-state index is 10.9. The molecule has 2 aliphatic heterocycles. The van der Waals surface area contributed by atoms with Crippen LogP contribution in [0.25, 0.3) is 0 Å². The molecule has 0 radical (unpaired) electrons. The van der Waals surface area contributed by atoms with Crippen LogP contribution in [0.4, 0.5) is 0 Å². The number of thioether (sulfide) groups is 1. The molecule has 2 heterocycles. The number of hydrogen-bond donors (Lipinski definition) is 1. The fraction of sp³-hybridized carbons (Fsp3) is 0.909. The van der Waals surface area contributed by atoms with E-state index < -0.39 is 5.97 Å². The number of aliphatic carboxylic acids is 1. The molecule has 86 valence electrons. The lowest BCUT2D eigenvalue weighted by Gasteiger charge is -2.40. The Morgan fingerprint density at radius 3 is 3.07 bits per heavy atom. The van der Waals surface area contributed by atoms with Crippen molar-refractivity contribution < 1.29 is 9.90 Å². The van der Waals surface area contributed by atoms with E-state index in [1.165, 1.54) is 6.42 Å². The lowest BCUT2D eigenvalue weighted by molar-refractivity contribution is -0.139. The largest absolute Gasteiger partial charge is 0.481 e. The van der Waals surface area contributed by atoms with E-state index in [4.69, 9.17) is 5.11 Å². The lowest BCUT2D eigenvalue weighted by Crippen LogP contribution is -2.40. The summed E-state index contributed by atoms with van der Waals surface area (Å²) in [6, 6.07) is 0. The predicted octanol–water partition coefficient (Wildman–Crippen LogP) is 1.54. The van der Waals surface area contributed by atoms with Gasteiger partial charge in [0.2, 0.25) is 0 Å².